The van der Waals surface area contributed by atoms with E-state index in [1.54, 1.807) is 24.3 Å². The summed E-state index contributed by atoms with van der Waals surface area (Å²) < 4.78 is 0. The van der Waals surface area contributed by atoms with Crippen molar-refractivity contribution in [2.24, 2.45) is 0 Å². The molecule has 0 saturated heterocycles. The van der Waals surface area contributed by atoms with Crippen LogP contribution in [-0.4, -0.2) is 17.7 Å². The SMILES string of the molecule is CC(=O)Nc1cccc(NC(=O)CC(=O)NCc2cccc(C)c2)c1. The number of carbonyl (C=O) groups excluding carboxylic acids is 3. The van der Waals surface area contributed by atoms with Gasteiger partial charge < -0.3 is 16.0 Å². The molecule has 0 radical (unpaired) electrons. The van der Waals surface area contributed by atoms with E-state index < -0.39 is 5.91 Å². The number of anilines is 2. The van der Waals surface area contributed by atoms with Gasteiger partial charge in [-0.15, -0.1) is 0 Å². The average molecular weight is 339 g/mol. The molecule has 6 heteroatoms. The van der Waals surface area contributed by atoms with Crippen molar-refractivity contribution in [1.29, 1.82) is 0 Å². The van der Waals surface area contributed by atoms with Crippen LogP contribution < -0.4 is 16.0 Å². The Balaban J connectivity index is 1.83. The third-order valence-electron chi connectivity index (χ3n) is 3.36. The van der Waals surface area contributed by atoms with Crippen LogP contribution in [0.5, 0.6) is 0 Å². The Kier molecular flexibility index (Phi) is 6.28. The minimum Gasteiger partial charge on any atom is -0.352 e. The second-order valence-electron chi connectivity index (χ2n) is 5.75. The molecule has 3 N–H and O–H groups in total. The third kappa shape index (κ3) is 6.47. The van der Waals surface area contributed by atoms with E-state index in [1.165, 1.54) is 6.92 Å². The zero-order valence-electron chi connectivity index (χ0n) is 14.3. The summed E-state index contributed by atoms with van der Waals surface area (Å²) in [6.07, 6.45) is -0.268. The highest BCUT2D eigenvalue weighted by molar-refractivity contribution is 6.03. The van der Waals surface area contributed by atoms with Crippen LogP contribution in [0.15, 0.2) is 48.5 Å². The summed E-state index contributed by atoms with van der Waals surface area (Å²) in [5, 5.41) is 8.00. The number of carbonyl (C=O) groups is 3. The van der Waals surface area contributed by atoms with Crippen molar-refractivity contribution in [2.75, 3.05) is 10.6 Å². The maximum absolute atomic E-state index is 12.0. The molecule has 0 atom stereocenters. The molecule has 2 aromatic rings. The Morgan fingerprint density at radius 1 is 0.880 bits per heavy atom. The van der Waals surface area contributed by atoms with Gasteiger partial charge in [0, 0.05) is 24.8 Å². The van der Waals surface area contributed by atoms with Crippen molar-refractivity contribution >= 4 is 29.1 Å². The first-order chi connectivity index (χ1) is 11.9. The highest BCUT2D eigenvalue weighted by Gasteiger charge is 2.10. The predicted octanol–water partition coefficient (Wildman–Crippen LogP) is 2.60. The number of hydrogen-bond donors (Lipinski definition) is 3. The lowest BCUT2D eigenvalue weighted by Gasteiger charge is -2.09. The van der Waals surface area contributed by atoms with Gasteiger partial charge in [-0.25, -0.2) is 0 Å². The van der Waals surface area contributed by atoms with Gasteiger partial charge in [0.05, 0.1) is 0 Å². The van der Waals surface area contributed by atoms with Crippen molar-refractivity contribution in [3.05, 3.63) is 59.7 Å². The topological polar surface area (TPSA) is 87.3 Å². The van der Waals surface area contributed by atoms with Gasteiger partial charge >= 0.3 is 0 Å². The van der Waals surface area contributed by atoms with Crippen LogP contribution >= 0.6 is 0 Å². The van der Waals surface area contributed by atoms with Gasteiger partial charge in [0.25, 0.3) is 0 Å². The molecule has 25 heavy (non-hydrogen) atoms. The lowest BCUT2D eigenvalue weighted by Crippen LogP contribution is -2.27. The Bertz CT molecular complexity index is 787. The van der Waals surface area contributed by atoms with E-state index >= 15 is 0 Å². The van der Waals surface area contributed by atoms with Crippen molar-refractivity contribution in [3.63, 3.8) is 0 Å². The quantitative estimate of drug-likeness (QED) is 0.707. The normalized spacial score (nSPS) is 10.0. The number of benzene rings is 2. The minimum atomic E-state index is -0.415. The smallest absolute Gasteiger partial charge is 0.233 e. The first-order valence-electron chi connectivity index (χ1n) is 7.92. The van der Waals surface area contributed by atoms with Gasteiger partial charge in [0.2, 0.25) is 17.7 Å². The van der Waals surface area contributed by atoms with Gasteiger partial charge in [-0.1, -0.05) is 35.9 Å². The fourth-order valence-corrected chi connectivity index (χ4v) is 2.31. The summed E-state index contributed by atoms with van der Waals surface area (Å²) in [5.74, 6) is -0.960. The number of hydrogen-bond acceptors (Lipinski definition) is 3. The molecular formula is C19H21N3O3. The van der Waals surface area contributed by atoms with E-state index in [2.05, 4.69) is 16.0 Å². The molecule has 6 nitrogen and oxygen atoms in total. The van der Waals surface area contributed by atoms with Crippen LogP contribution in [0.25, 0.3) is 0 Å². The van der Waals surface area contributed by atoms with Crippen molar-refractivity contribution in [2.45, 2.75) is 26.8 Å². The molecule has 3 amide bonds. The van der Waals surface area contributed by atoms with Crippen molar-refractivity contribution in [3.8, 4) is 0 Å². The Morgan fingerprint density at radius 3 is 2.24 bits per heavy atom. The van der Waals surface area contributed by atoms with E-state index in [1.807, 2.05) is 31.2 Å². The van der Waals surface area contributed by atoms with E-state index in [0.29, 0.717) is 17.9 Å². The van der Waals surface area contributed by atoms with Crippen LogP contribution in [0.2, 0.25) is 0 Å². The fraction of sp³-hybridized carbons (Fsp3) is 0.211. The van der Waals surface area contributed by atoms with Crippen LogP contribution in [0.1, 0.15) is 24.5 Å². The first-order valence-corrected chi connectivity index (χ1v) is 7.92. The molecule has 130 valence electrons. The van der Waals surface area contributed by atoms with E-state index in [0.717, 1.165) is 11.1 Å². The summed E-state index contributed by atoms with van der Waals surface area (Å²) in [5.41, 5.74) is 3.19. The highest BCUT2D eigenvalue weighted by Crippen LogP contribution is 2.15. The molecule has 0 spiro atoms. The zero-order chi connectivity index (χ0) is 18.2. The van der Waals surface area contributed by atoms with Crippen molar-refractivity contribution in [1.82, 2.24) is 5.32 Å². The molecule has 0 saturated carbocycles. The standard InChI is InChI=1S/C19H21N3O3/c1-13-5-3-6-15(9-13)12-20-18(24)11-19(25)22-17-8-4-7-16(10-17)21-14(2)23/h3-10H,11-12H2,1-2H3,(H,20,24)(H,21,23)(H,22,25). The lowest BCUT2D eigenvalue weighted by molar-refractivity contribution is -0.127. The molecule has 2 aromatic carbocycles. The Labute approximate surface area is 146 Å². The van der Waals surface area contributed by atoms with E-state index in [-0.39, 0.29) is 18.2 Å². The molecular weight excluding hydrogens is 318 g/mol. The van der Waals surface area contributed by atoms with Gasteiger partial charge in [-0.3, -0.25) is 14.4 Å². The largest absolute Gasteiger partial charge is 0.352 e. The fourth-order valence-electron chi connectivity index (χ4n) is 2.31. The Hall–Kier alpha value is -3.15. The van der Waals surface area contributed by atoms with Gasteiger partial charge in [-0.2, -0.15) is 0 Å². The predicted molar refractivity (Wildman–Crippen MR) is 97.0 cm³/mol. The van der Waals surface area contributed by atoms with Gasteiger partial charge in [0.1, 0.15) is 6.42 Å². The lowest BCUT2D eigenvalue weighted by atomic mass is 10.1. The summed E-state index contributed by atoms with van der Waals surface area (Å²) >= 11 is 0. The highest BCUT2D eigenvalue weighted by atomic mass is 16.2. The molecule has 0 unspecified atom stereocenters. The molecule has 0 aliphatic carbocycles. The van der Waals surface area contributed by atoms with E-state index in [4.69, 9.17) is 0 Å². The zero-order valence-corrected chi connectivity index (χ0v) is 14.3. The van der Waals surface area contributed by atoms with E-state index in [9.17, 15) is 14.4 Å². The van der Waals surface area contributed by atoms with Crippen LogP contribution in [0.4, 0.5) is 11.4 Å². The third-order valence-corrected chi connectivity index (χ3v) is 3.36. The monoisotopic (exact) mass is 339 g/mol. The molecule has 0 aromatic heterocycles. The van der Waals surface area contributed by atoms with Crippen LogP contribution in [0.3, 0.4) is 0 Å². The minimum absolute atomic E-state index is 0.195. The molecule has 0 aliphatic rings. The Morgan fingerprint density at radius 2 is 1.56 bits per heavy atom. The molecule has 0 fully saturated rings. The molecule has 0 bridgehead atoms. The summed E-state index contributed by atoms with van der Waals surface area (Å²) in [7, 11) is 0. The van der Waals surface area contributed by atoms with Gasteiger partial charge in [0.15, 0.2) is 0 Å². The second-order valence-corrected chi connectivity index (χ2v) is 5.75. The molecule has 0 heterocycles. The summed E-state index contributed by atoms with van der Waals surface area (Å²) in [6.45, 7) is 3.77. The number of aryl methyl sites for hydroxylation is 1. The maximum atomic E-state index is 12.0. The number of nitrogens with one attached hydrogen (secondary N) is 3. The van der Waals surface area contributed by atoms with Crippen LogP contribution in [-0.2, 0) is 20.9 Å². The first kappa shape index (κ1) is 18.2. The van der Waals surface area contributed by atoms with Crippen molar-refractivity contribution < 1.29 is 14.4 Å². The van der Waals surface area contributed by atoms with Gasteiger partial charge in [-0.05, 0) is 30.7 Å². The maximum Gasteiger partial charge on any atom is 0.233 e. The average Bonchev–Trinajstić information content (AvgIpc) is 2.52. The molecule has 0 aliphatic heterocycles. The second kappa shape index (κ2) is 8.63. The summed E-state index contributed by atoms with van der Waals surface area (Å²) in [4.78, 5) is 34.9. The molecule has 2 rings (SSSR count). The number of amides is 3. The summed E-state index contributed by atoms with van der Waals surface area (Å²) in [6, 6.07) is 14.5. The van der Waals surface area contributed by atoms with Crippen LogP contribution in [0, 0.1) is 6.92 Å². The number of rotatable bonds is 6.